The second-order valence-electron chi connectivity index (χ2n) is 26.0. The maximum absolute atomic E-state index is 12.7. The van der Waals surface area contributed by atoms with Crippen molar-refractivity contribution in [3.05, 3.63) is 0 Å². The number of carbonyl (C=O) groups excluding carboxylic acids is 4. The van der Waals surface area contributed by atoms with E-state index in [0.717, 1.165) is 27.7 Å². The van der Waals surface area contributed by atoms with Gasteiger partial charge in [-0.2, -0.15) is 16.8 Å². The summed E-state index contributed by atoms with van der Waals surface area (Å²) in [4.78, 5) is 49.9. The van der Waals surface area contributed by atoms with Gasteiger partial charge in [-0.15, -0.1) is 0 Å². The van der Waals surface area contributed by atoms with Crippen LogP contribution in [0.15, 0.2) is 0 Å². The number of carbonyl (C=O) groups is 4. The average Bonchev–Trinajstić information content (AvgIpc) is 0.784. The molecule has 0 radical (unpaired) electrons. The van der Waals surface area contributed by atoms with Crippen molar-refractivity contribution in [2.75, 3.05) is 66.0 Å². The predicted octanol–water partition coefficient (Wildman–Crippen LogP) is -12.5. The Hall–Kier alpha value is -3.58. The van der Waals surface area contributed by atoms with Gasteiger partial charge in [-0.25, -0.2) is 8.37 Å². The molecule has 105 heavy (non-hydrogen) atoms. The topological polar surface area (TPSA) is 680 Å². The van der Waals surface area contributed by atoms with Crippen LogP contribution in [0.5, 0.6) is 0 Å². The second kappa shape index (κ2) is 39.1. The molecule has 0 aliphatic carbocycles. The fourth-order valence-electron chi connectivity index (χ4n) is 13.0. The number of aliphatic hydroxyl groups is 13. The second-order valence-corrected chi connectivity index (χ2v) is 28.1. The number of unbranched alkanes of at least 4 members (excludes halogenated alkanes) is 2. The largest absolute Gasteiger partial charge is 0.397 e. The van der Waals surface area contributed by atoms with Crippen LogP contribution in [-0.2, 0) is 124 Å². The van der Waals surface area contributed by atoms with Crippen LogP contribution in [-0.4, -0.2) is 391 Å². The minimum absolute atomic E-state index is 0.000686. The highest BCUT2D eigenvalue weighted by atomic mass is 32.3. The SMILES string of the molecule is CC(=O)NC1[C@@H](O[C@@H]2CO[C@@H](O[C@@H]3C(CO)O[C@H](O[C@@H]4CO[C@@H](O[C@@H]5C(CO)O[C@H](O[C@@H]6CO[C@@H](O[C@@H]7C(CO)O[C@H](O[C@@H]8CO[C@@H](OCCCCCN)C(OS(=O)(=O)O)[C@H]8O)C(NC(C)=O)[C@H]7O)C[C@@H]6O)C(NC(C)=O)[C@H]5O)C(OS(=O)(=O)O)[C@H]4O)C(NC(C)=O)[C@H]3O)C[C@@H]2O)OC(CO)[C@@H](O)[C@@H]1O. The van der Waals surface area contributed by atoms with Crippen molar-refractivity contribution in [1.29, 1.82) is 0 Å². The van der Waals surface area contributed by atoms with Crippen molar-refractivity contribution in [2.45, 2.75) is 269 Å². The van der Waals surface area contributed by atoms with Crippen LogP contribution in [0.4, 0.5) is 0 Å². The molecule has 8 aliphatic heterocycles. The van der Waals surface area contributed by atoms with Crippen LogP contribution in [0.1, 0.15) is 59.8 Å². The highest BCUT2D eigenvalue weighted by Crippen LogP contribution is 2.37. The van der Waals surface area contributed by atoms with Crippen LogP contribution in [0, 0.1) is 0 Å². The van der Waals surface area contributed by atoms with Crippen LogP contribution < -0.4 is 27.0 Å². The number of nitrogens with two attached hydrogens (primary N) is 1. The minimum Gasteiger partial charge on any atom is -0.394 e. The van der Waals surface area contributed by atoms with E-state index in [2.05, 4.69) is 21.3 Å². The lowest BCUT2D eigenvalue weighted by atomic mass is 9.95. The van der Waals surface area contributed by atoms with Gasteiger partial charge >= 0.3 is 20.8 Å². The van der Waals surface area contributed by atoms with Crippen LogP contribution >= 0.6 is 0 Å². The molecule has 0 aromatic rings. The molecule has 34 atom stereocenters. The van der Waals surface area contributed by atoms with Gasteiger partial charge in [0.1, 0.15) is 134 Å². The molecule has 0 bridgehead atoms. The van der Waals surface area contributed by atoms with Gasteiger partial charge in [-0.3, -0.25) is 28.3 Å². The van der Waals surface area contributed by atoms with Gasteiger partial charge < -0.3 is 169 Å². The third-order valence-corrected chi connectivity index (χ3v) is 19.0. The monoisotopic (exact) mass is 1570 g/mol. The molecule has 0 saturated carbocycles. The van der Waals surface area contributed by atoms with Gasteiger partial charge in [0.05, 0.1) is 65.1 Å². The van der Waals surface area contributed by atoms with Gasteiger partial charge in [-0.1, -0.05) is 0 Å². The Morgan fingerprint density at radius 3 is 1.08 bits per heavy atom. The molecule has 0 spiro atoms. The molecule has 8 rings (SSSR count). The van der Waals surface area contributed by atoms with Crippen LogP contribution in [0.25, 0.3) is 0 Å². The predicted molar refractivity (Wildman–Crippen MR) is 331 cm³/mol. The van der Waals surface area contributed by atoms with Gasteiger partial charge in [-0.05, 0) is 25.8 Å². The van der Waals surface area contributed by atoms with Crippen molar-refractivity contribution < 1.29 is 196 Å². The van der Waals surface area contributed by atoms with E-state index >= 15 is 0 Å². The molecular weight excluding hydrogens is 1470 g/mol. The fourth-order valence-corrected chi connectivity index (χ4v) is 14.0. The normalized spacial score (nSPS) is 43.0. The number of nitrogens with one attached hydrogen (secondary N) is 4. The number of hydrogen-bond acceptors (Lipinski definition) is 40. The van der Waals surface area contributed by atoms with Gasteiger partial charge in [0.15, 0.2) is 62.5 Å². The summed E-state index contributed by atoms with van der Waals surface area (Å²) in [5.41, 5.74) is 5.53. The van der Waals surface area contributed by atoms with E-state index in [0.29, 0.717) is 25.8 Å². The lowest BCUT2D eigenvalue weighted by molar-refractivity contribution is -0.362. The minimum atomic E-state index is -5.62. The highest BCUT2D eigenvalue weighted by Gasteiger charge is 2.58. The zero-order valence-corrected chi connectivity index (χ0v) is 58.6. The Balaban J connectivity index is 0.883. The van der Waals surface area contributed by atoms with Gasteiger partial charge in [0.25, 0.3) is 0 Å². The van der Waals surface area contributed by atoms with E-state index in [1.54, 1.807) is 0 Å². The zero-order chi connectivity index (χ0) is 77.1. The molecular formula is C57H97N5O41S2. The molecule has 608 valence electrons. The molecule has 48 heteroatoms. The quantitative estimate of drug-likeness (QED) is 0.0220. The molecule has 8 saturated heterocycles. The van der Waals surface area contributed by atoms with E-state index < -0.39 is 319 Å². The maximum atomic E-state index is 12.7. The molecule has 46 nitrogen and oxygen atoms in total. The number of hydrogen-bond donors (Lipinski definition) is 20. The Morgan fingerprint density at radius 1 is 0.390 bits per heavy atom. The summed E-state index contributed by atoms with van der Waals surface area (Å²) in [6.45, 7) is -1.60. The van der Waals surface area contributed by atoms with E-state index in [1.165, 1.54) is 0 Å². The lowest BCUT2D eigenvalue weighted by Gasteiger charge is -2.49. The zero-order valence-electron chi connectivity index (χ0n) is 57.0. The van der Waals surface area contributed by atoms with Crippen molar-refractivity contribution in [1.82, 2.24) is 21.3 Å². The first-order valence-electron chi connectivity index (χ1n) is 33.5. The molecule has 0 aromatic carbocycles. The first-order chi connectivity index (χ1) is 49.6. The molecule has 10 unspecified atom stereocenters. The summed E-state index contributed by atoms with van der Waals surface area (Å²) in [7, 11) is -10.9. The van der Waals surface area contributed by atoms with Crippen molar-refractivity contribution in [3.8, 4) is 0 Å². The van der Waals surface area contributed by atoms with E-state index in [-0.39, 0.29) is 6.61 Å². The third kappa shape index (κ3) is 23.1. The number of ether oxygens (including phenoxy) is 16. The standard InChI is InChI=1S/C57H97N5O41S2/c1-20(67)59-36-43(76)40(73)26(12-63)91-52(36)95-30-16-87-34(10-24(30)71)99-48-28(14-65)93-55(38(45(48)78)61-22(3)69)98-33-19-90-57(51(42(33)75)103-105(83,84)85)101-49-29(15-66)94-53(39(46(49)79)62-23(4)70)96-31-17-88-35(11-25(31)72)100-47-27(13-64)92-54(37(44(47)77)60-21(2)68)97-32-18-89-56(86-9-7-5-6-8-58)50(41(32)74)102-104(80,81)82/h24-57,63-66,71-79H,5-19,58H2,1-4H3,(H,59,67)(H,60,68)(H,61,69)(H,62,70)(H,80,81,82)(H,83,84,85)/t24-,25-,26?,27?,28?,29?,30+,31+,32+,33+,34-,35-,36?,37?,38?,39?,40+,41-,42-,43+,44+,45+,46+,47+,48+,49+,50?,51?,52+,53+,54+,55+,56+,57-/m0/s1. The van der Waals surface area contributed by atoms with E-state index in [9.17, 15) is 112 Å². The smallest absolute Gasteiger partial charge is 0.394 e. The number of rotatable bonds is 32. The first-order valence-corrected chi connectivity index (χ1v) is 36.2. The Morgan fingerprint density at radius 2 is 0.724 bits per heavy atom. The van der Waals surface area contributed by atoms with Crippen molar-refractivity contribution in [3.63, 3.8) is 0 Å². The number of amides is 4. The van der Waals surface area contributed by atoms with E-state index in [1.807, 2.05) is 0 Å². The summed E-state index contributed by atoms with van der Waals surface area (Å²) in [5.74, 6) is -3.08. The van der Waals surface area contributed by atoms with Crippen LogP contribution in [0.3, 0.4) is 0 Å². The first kappa shape index (κ1) is 87.0. The summed E-state index contributed by atoms with van der Waals surface area (Å²) < 4.78 is 171. The van der Waals surface area contributed by atoms with Crippen molar-refractivity contribution in [2.24, 2.45) is 5.73 Å². The van der Waals surface area contributed by atoms with E-state index in [4.69, 9.17) is 89.9 Å². The summed E-state index contributed by atoms with van der Waals surface area (Å²) in [6.07, 6.45) is -51.3. The fraction of sp³-hybridized carbons (Fsp3) is 0.930. The molecule has 8 aliphatic rings. The third-order valence-electron chi connectivity index (χ3n) is 18.1. The lowest BCUT2D eigenvalue weighted by Crippen LogP contribution is -2.69. The van der Waals surface area contributed by atoms with Crippen LogP contribution in [0.2, 0.25) is 0 Å². The molecule has 0 aromatic heterocycles. The Kier molecular flexibility index (Phi) is 32.4. The van der Waals surface area contributed by atoms with Gasteiger partial charge in [0.2, 0.25) is 23.6 Å². The molecule has 8 heterocycles. The summed E-state index contributed by atoms with van der Waals surface area (Å²) >= 11 is 0. The summed E-state index contributed by atoms with van der Waals surface area (Å²) in [6, 6.07) is -6.40. The Bertz CT molecular complexity index is 3000. The maximum Gasteiger partial charge on any atom is 0.397 e. The molecule has 8 fully saturated rings. The van der Waals surface area contributed by atoms with Gasteiger partial charge in [0, 0.05) is 47.1 Å². The van der Waals surface area contributed by atoms with Crippen molar-refractivity contribution >= 4 is 44.4 Å². The number of aliphatic hydroxyl groups excluding tert-OH is 13. The highest BCUT2D eigenvalue weighted by molar-refractivity contribution is 7.81. The molecule has 21 N–H and O–H groups in total. The molecule has 4 amide bonds. The Labute approximate surface area is 599 Å². The average molecular weight is 1570 g/mol. The summed E-state index contributed by atoms with van der Waals surface area (Å²) in [5, 5.41) is 154.